The minimum Gasteiger partial charge on any atom is -0.481 e. The van der Waals surface area contributed by atoms with Gasteiger partial charge in [-0.1, -0.05) is 12.8 Å². The van der Waals surface area contributed by atoms with Gasteiger partial charge in [-0.3, -0.25) is 14.9 Å². The molecule has 2 atom stereocenters. The Morgan fingerprint density at radius 2 is 2.24 bits per heavy atom. The minimum absolute atomic E-state index is 0.0124. The molecule has 21 heavy (non-hydrogen) atoms. The number of aromatic nitrogens is 1. The molecule has 1 aromatic heterocycles. The predicted molar refractivity (Wildman–Crippen MR) is 77.2 cm³/mol. The maximum absolute atomic E-state index is 11.2. The Balaban J connectivity index is 2.00. The lowest BCUT2D eigenvalue weighted by atomic mass is 9.79. The number of carboxylic acid groups (broad SMARTS) is 1. The molecular formula is C14H19N3O4. The standard InChI is InChI=1S/C14H19N3O4/c1-9-6-13(16-8-12(9)17(20)21)15-7-10-4-2-3-5-11(10)14(18)19/h6,8,10-11H,2-5,7H2,1H3,(H,15,16)(H,18,19). The number of anilines is 1. The molecule has 1 saturated carbocycles. The van der Waals surface area contributed by atoms with Gasteiger partial charge in [-0.25, -0.2) is 4.98 Å². The molecule has 0 spiro atoms. The van der Waals surface area contributed by atoms with Crippen molar-refractivity contribution in [1.82, 2.24) is 4.98 Å². The smallest absolute Gasteiger partial charge is 0.306 e. The number of nitro groups is 1. The number of aliphatic carboxylic acids is 1. The molecule has 1 aromatic rings. The van der Waals surface area contributed by atoms with Gasteiger partial charge in [0, 0.05) is 12.1 Å². The topological polar surface area (TPSA) is 105 Å². The second-order valence-corrected chi connectivity index (χ2v) is 5.48. The second kappa shape index (κ2) is 6.51. The van der Waals surface area contributed by atoms with E-state index in [1.807, 2.05) is 0 Å². The molecule has 1 heterocycles. The van der Waals surface area contributed by atoms with E-state index in [0.717, 1.165) is 19.3 Å². The Labute approximate surface area is 122 Å². The van der Waals surface area contributed by atoms with Crippen molar-refractivity contribution >= 4 is 17.5 Å². The predicted octanol–water partition coefficient (Wildman–Crippen LogP) is 2.60. The number of nitrogens with zero attached hydrogens (tertiary/aromatic N) is 2. The van der Waals surface area contributed by atoms with Crippen LogP contribution in [0, 0.1) is 28.9 Å². The van der Waals surface area contributed by atoms with Crippen LogP contribution in [0.5, 0.6) is 0 Å². The van der Waals surface area contributed by atoms with E-state index in [4.69, 9.17) is 0 Å². The molecule has 0 aliphatic heterocycles. The van der Waals surface area contributed by atoms with Crippen molar-refractivity contribution in [2.24, 2.45) is 11.8 Å². The first kappa shape index (κ1) is 15.2. The summed E-state index contributed by atoms with van der Waals surface area (Å²) in [6, 6.07) is 1.62. The molecule has 0 saturated heterocycles. The van der Waals surface area contributed by atoms with Gasteiger partial charge in [0.25, 0.3) is 5.69 Å². The third kappa shape index (κ3) is 3.68. The first-order chi connectivity index (χ1) is 9.99. The quantitative estimate of drug-likeness (QED) is 0.638. The third-order valence-electron chi connectivity index (χ3n) is 4.05. The van der Waals surface area contributed by atoms with Crippen LogP contribution in [0.3, 0.4) is 0 Å². The summed E-state index contributed by atoms with van der Waals surface area (Å²) in [4.78, 5) is 25.5. The monoisotopic (exact) mass is 293 g/mol. The second-order valence-electron chi connectivity index (χ2n) is 5.48. The fourth-order valence-electron chi connectivity index (χ4n) is 2.85. The van der Waals surface area contributed by atoms with Gasteiger partial charge in [-0.2, -0.15) is 0 Å². The van der Waals surface area contributed by atoms with Crippen LogP contribution in [0.1, 0.15) is 31.2 Å². The zero-order valence-electron chi connectivity index (χ0n) is 11.9. The SMILES string of the molecule is Cc1cc(NCC2CCCCC2C(=O)O)ncc1[N+](=O)[O-]. The fourth-order valence-corrected chi connectivity index (χ4v) is 2.85. The van der Waals surface area contributed by atoms with E-state index in [0.29, 0.717) is 24.3 Å². The van der Waals surface area contributed by atoms with Gasteiger partial charge in [0.15, 0.2) is 0 Å². The molecule has 0 aromatic carbocycles. The van der Waals surface area contributed by atoms with E-state index in [-0.39, 0.29) is 17.5 Å². The van der Waals surface area contributed by atoms with Crippen molar-refractivity contribution < 1.29 is 14.8 Å². The van der Waals surface area contributed by atoms with Crippen molar-refractivity contribution in [1.29, 1.82) is 0 Å². The molecule has 2 unspecified atom stereocenters. The molecule has 7 nitrogen and oxygen atoms in total. The lowest BCUT2D eigenvalue weighted by molar-refractivity contribution is -0.385. The first-order valence-corrected chi connectivity index (χ1v) is 7.06. The van der Waals surface area contributed by atoms with Crippen molar-refractivity contribution in [2.75, 3.05) is 11.9 Å². The molecule has 0 amide bonds. The van der Waals surface area contributed by atoms with Crippen LogP contribution in [0.4, 0.5) is 11.5 Å². The summed E-state index contributed by atoms with van der Waals surface area (Å²) in [7, 11) is 0. The lowest BCUT2D eigenvalue weighted by Gasteiger charge is -2.28. The van der Waals surface area contributed by atoms with Crippen LogP contribution < -0.4 is 5.32 Å². The molecule has 2 rings (SSSR count). The van der Waals surface area contributed by atoms with Crippen LogP contribution in [0.25, 0.3) is 0 Å². The molecule has 0 radical (unpaired) electrons. The van der Waals surface area contributed by atoms with Gasteiger partial charge in [0.1, 0.15) is 12.0 Å². The number of aryl methyl sites for hydroxylation is 1. The normalized spacial score (nSPS) is 21.8. The maximum atomic E-state index is 11.2. The minimum atomic E-state index is -0.741. The molecule has 1 fully saturated rings. The molecule has 1 aliphatic carbocycles. The van der Waals surface area contributed by atoms with Crippen molar-refractivity contribution in [3.8, 4) is 0 Å². The van der Waals surface area contributed by atoms with Crippen LogP contribution in [0.2, 0.25) is 0 Å². The van der Waals surface area contributed by atoms with Gasteiger partial charge in [0.05, 0.1) is 10.8 Å². The van der Waals surface area contributed by atoms with E-state index >= 15 is 0 Å². The summed E-state index contributed by atoms with van der Waals surface area (Å²) in [5, 5.41) is 23.1. The number of hydrogen-bond donors (Lipinski definition) is 2. The first-order valence-electron chi connectivity index (χ1n) is 7.06. The lowest BCUT2D eigenvalue weighted by Crippen LogP contribution is -2.31. The fraction of sp³-hybridized carbons (Fsp3) is 0.571. The van der Waals surface area contributed by atoms with E-state index in [1.165, 1.54) is 6.20 Å². The molecule has 1 aliphatic rings. The molecule has 0 bridgehead atoms. The maximum Gasteiger partial charge on any atom is 0.306 e. The van der Waals surface area contributed by atoms with E-state index in [9.17, 15) is 20.0 Å². The number of nitrogens with one attached hydrogen (secondary N) is 1. The van der Waals surface area contributed by atoms with E-state index in [1.54, 1.807) is 13.0 Å². The molecular weight excluding hydrogens is 274 g/mol. The van der Waals surface area contributed by atoms with Gasteiger partial charge in [-0.05, 0) is 31.7 Å². The van der Waals surface area contributed by atoms with Crippen molar-refractivity contribution in [2.45, 2.75) is 32.6 Å². The molecule has 2 N–H and O–H groups in total. The van der Waals surface area contributed by atoms with E-state index < -0.39 is 10.9 Å². The highest BCUT2D eigenvalue weighted by Gasteiger charge is 2.30. The highest BCUT2D eigenvalue weighted by Crippen LogP contribution is 2.30. The number of rotatable bonds is 5. The number of pyridine rings is 1. The highest BCUT2D eigenvalue weighted by atomic mass is 16.6. The van der Waals surface area contributed by atoms with Crippen LogP contribution in [0.15, 0.2) is 12.3 Å². The Morgan fingerprint density at radius 1 is 1.52 bits per heavy atom. The van der Waals surface area contributed by atoms with Crippen LogP contribution in [-0.2, 0) is 4.79 Å². The number of carboxylic acids is 1. The average Bonchev–Trinajstić information content (AvgIpc) is 2.45. The summed E-state index contributed by atoms with van der Waals surface area (Å²) in [6.07, 6.45) is 4.84. The zero-order chi connectivity index (χ0) is 15.4. The summed E-state index contributed by atoms with van der Waals surface area (Å²) >= 11 is 0. The Morgan fingerprint density at radius 3 is 2.86 bits per heavy atom. The van der Waals surface area contributed by atoms with Gasteiger partial charge < -0.3 is 10.4 Å². The summed E-state index contributed by atoms with van der Waals surface area (Å²) < 4.78 is 0. The van der Waals surface area contributed by atoms with Crippen LogP contribution >= 0.6 is 0 Å². The van der Waals surface area contributed by atoms with Gasteiger partial charge in [-0.15, -0.1) is 0 Å². The third-order valence-corrected chi connectivity index (χ3v) is 4.05. The van der Waals surface area contributed by atoms with Crippen LogP contribution in [-0.4, -0.2) is 27.5 Å². The molecule has 114 valence electrons. The average molecular weight is 293 g/mol. The summed E-state index contributed by atoms with van der Waals surface area (Å²) in [5.74, 6) is -0.430. The van der Waals surface area contributed by atoms with Gasteiger partial charge >= 0.3 is 5.97 Å². The van der Waals surface area contributed by atoms with Crippen molar-refractivity contribution in [3.63, 3.8) is 0 Å². The number of hydrogen-bond acceptors (Lipinski definition) is 5. The number of carbonyl (C=O) groups is 1. The molecule has 7 heteroatoms. The largest absolute Gasteiger partial charge is 0.481 e. The summed E-state index contributed by atoms with van der Waals surface area (Å²) in [5.41, 5.74) is 0.526. The highest BCUT2D eigenvalue weighted by molar-refractivity contribution is 5.70. The Bertz CT molecular complexity index is 547. The van der Waals surface area contributed by atoms with E-state index in [2.05, 4.69) is 10.3 Å². The summed E-state index contributed by atoms with van der Waals surface area (Å²) in [6.45, 7) is 2.19. The Hall–Kier alpha value is -2.18. The van der Waals surface area contributed by atoms with Crippen molar-refractivity contribution in [3.05, 3.63) is 27.9 Å². The van der Waals surface area contributed by atoms with Gasteiger partial charge in [0.2, 0.25) is 0 Å². The zero-order valence-corrected chi connectivity index (χ0v) is 11.9. The Kier molecular flexibility index (Phi) is 4.72.